The largest absolute Gasteiger partial charge is 0.354 e. The van der Waals surface area contributed by atoms with Gasteiger partial charge in [-0.05, 0) is 38.5 Å². The summed E-state index contributed by atoms with van der Waals surface area (Å²) < 4.78 is 0. The molecule has 0 atom stereocenters. The molecule has 2 N–H and O–H groups in total. The lowest BCUT2D eigenvalue weighted by molar-refractivity contribution is 0.119. The van der Waals surface area contributed by atoms with Crippen molar-refractivity contribution in [3.8, 4) is 0 Å². The first-order valence-electron chi connectivity index (χ1n) is 10.7. The topological polar surface area (TPSA) is 52.6 Å². The summed E-state index contributed by atoms with van der Waals surface area (Å²) in [5.41, 5.74) is 1.23. The summed E-state index contributed by atoms with van der Waals surface area (Å²) in [4.78, 5) is 13.3. The van der Waals surface area contributed by atoms with E-state index in [-0.39, 0.29) is 24.0 Å². The van der Waals surface area contributed by atoms with Crippen molar-refractivity contribution in [3.05, 3.63) is 15.6 Å². The summed E-state index contributed by atoms with van der Waals surface area (Å²) in [6, 6.07) is 1.38. The first-order chi connectivity index (χ1) is 13.1. The minimum atomic E-state index is 0. The molecule has 0 radical (unpaired) electrons. The van der Waals surface area contributed by atoms with Crippen LogP contribution in [0.5, 0.6) is 0 Å². The first-order valence-corrected chi connectivity index (χ1v) is 11.6. The molecule has 0 amide bonds. The Balaban J connectivity index is 0.00000280. The Morgan fingerprint density at radius 3 is 2.43 bits per heavy atom. The molecule has 7 heteroatoms. The first kappa shape index (κ1) is 23.9. The molecule has 0 unspecified atom stereocenters. The molecular weight excluding hydrogens is 481 g/mol. The number of hydrogen-bond donors (Lipinski definition) is 2. The molecule has 28 heavy (non-hydrogen) atoms. The van der Waals surface area contributed by atoms with Crippen molar-refractivity contribution in [2.75, 3.05) is 20.1 Å². The van der Waals surface area contributed by atoms with Crippen LogP contribution in [-0.4, -0.2) is 48.1 Å². The average molecular weight is 520 g/mol. The van der Waals surface area contributed by atoms with E-state index in [0.29, 0.717) is 12.0 Å². The van der Waals surface area contributed by atoms with Gasteiger partial charge in [0, 0.05) is 37.1 Å². The van der Waals surface area contributed by atoms with Gasteiger partial charge in [0.2, 0.25) is 0 Å². The number of nitrogens with one attached hydrogen (secondary N) is 2. The Morgan fingerprint density at radius 1 is 1.18 bits per heavy atom. The lowest BCUT2D eigenvalue weighted by Crippen LogP contribution is -2.50. The molecule has 0 aromatic carbocycles. The molecular formula is C21H38IN5S. The number of aryl methyl sites for hydroxylation is 1. The van der Waals surface area contributed by atoms with E-state index in [1.165, 1.54) is 68.6 Å². The van der Waals surface area contributed by atoms with Crippen LogP contribution in [0.2, 0.25) is 0 Å². The van der Waals surface area contributed by atoms with Gasteiger partial charge in [-0.1, -0.05) is 33.1 Å². The van der Waals surface area contributed by atoms with E-state index in [4.69, 9.17) is 4.98 Å². The van der Waals surface area contributed by atoms with E-state index in [1.807, 2.05) is 7.05 Å². The third-order valence-corrected chi connectivity index (χ3v) is 7.00. The van der Waals surface area contributed by atoms with Crippen LogP contribution >= 0.6 is 35.3 Å². The second-order valence-electron chi connectivity index (χ2n) is 8.38. The summed E-state index contributed by atoms with van der Waals surface area (Å²) in [6.45, 7) is 9.78. The molecule has 0 bridgehead atoms. The number of thiazole rings is 1. The molecule has 2 aliphatic rings. The summed E-state index contributed by atoms with van der Waals surface area (Å²) in [5, 5.41) is 8.24. The van der Waals surface area contributed by atoms with Crippen molar-refractivity contribution >= 4 is 41.3 Å². The van der Waals surface area contributed by atoms with Gasteiger partial charge >= 0.3 is 0 Å². The molecule has 2 fully saturated rings. The highest BCUT2D eigenvalue weighted by atomic mass is 127. The highest BCUT2D eigenvalue weighted by Gasteiger charge is 2.26. The average Bonchev–Trinajstić information content (AvgIpc) is 3.07. The van der Waals surface area contributed by atoms with Gasteiger partial charge in [0.1, 0.15) is 5.01 Å². The zero-order valence-electron chi connectivity index (χ0n) is 18.0. The van der Waals surface area contributed by atoms with Crippen molar-refractivity contribution in [1.29, 1.82) is 0 Å². The van der Waals surface area contributed by atoms with Gasteiger partial charge in [-0.15, -0.1) is 35.3 Å². The summed E-state index contributed by atoms with van der Waals surface area (Å²) in [7, 11) is 1.86. The number of aromatic nitrogens is 1. The van der Waals surface area contributed by atoms with Crippen LogP contribution in [0.1, 0.15) is 80.3 Å². The number of aliphatic imine (C=N–C) groups is 1. The number of hydrogen-bond acceptors (Lipinski definition) is 4. The molecule has 1 aliphatic heterocycles. The molecule has 1 aromatic rings. The van der Waals surface area contributed by atoms with Crippen LogP contribution in [-0.2, 0) is 6.54 Å². The molecule has 2 heterocycles. The standard InChI is InChI=1S/C21H37N5S.HI/c1-15(2)20-16(3)27-19(25-20)14-23-21(22-4)24-17-10-12-26(13-11-17)18-8-6-5-7-9-18;/h15,17-18H,5-14H2,1-4H3,(H2,22,23,24);1H. The van der Waals surface area contributed by atoms with E-state index in [2.05, 4.69) is 41.3 Å². The van der Waals surface area contributed by atoms with Gasteiger partial charge in [-0.25, -0.2) is 4.98 Å². The minimum absolute atomic E-state index is 0. The molecule has 1 saturated heterocycles. The summed E-state index contributed by atoms with van der Waals surface area (Å²) in [6.07, 6.45) is 9.53. The number of nitrogens with zero attached hydrogens (tertiary/aromatic N) is 3. The van der Waals surface area contributed by atoms with Crippen molar-refractivity contribution in [2.45, 2.75) is 90.3 Å². The van der Waals surface area contributed by atoms with Crippen LogP contribution in [0.15, 0.2) is 4.99 Å². The quantitative estimate of drug-likeness (QED) is 0.338. The van der Waals surface area contributed by atoms with E-state index < -0.39 is 0 Å². The van der Waals surface area contributed by atoms with Crippen molar-refractivity contribution < 1.29 is 0 Å². The highest BCUT2D eigenvalue weighted by molar-refractivity contribution is 14.0. The molecule has 3 rings (SSSR count). The van der Waals surface area contributed by atoms with Gasteiger partial charge in [0.15, 0.2) is 5.96 Å². The number of likely N-dealkylation sites (tertiary alicyclic amines) is 1. The van der Waals surface area contributed by atoms with Gasteiger partial charge in [-0.3, -0.25) is 4.99 Å². The number of guanidine groups is 1. The van der Waals surface area contributed by atoms with E-state index in [0.717, 1.165) is 23.6 Å². The van der Waals surface area contributed by atoms with Crippen LogP contribution < -0.4 is 10.6 Å². The van der Waals surface area contributed by atoms with Gasteiger partial charge in [-0.2, -0.15) is 0 Å². The lowest BCUT2D eigenvalue weighted by atomic mass is 9.92. The van der Waals surface area contributed by atoms with E-state index in [9.17, 15) is 0 Å². The third-order valence-electron chi connectivity index (χ3n) is 6.02. The van der Waals surface area contributed by atoms with Gasteiger partial charge in [0.25, 0.3) is 0 Å². The Hall–Kier alpha value is -0.410. The summed E-state index contributed by atoms with van der Waals surface area (Å²) >= 11 is 1.79. The van der Waals surface area contributed by atoms with Crippen LogP contribution in [0.4, 0.5) is 0 Å². The maximum Gasteiger partial charge on any atom is 0.191 e. The molecule has 1 aromatic heterocycles. The Labute approximate surface area is 192 Å². The highest BCUT2D eigenvalue weighted by Crippen LogP contribution is 2.26. The predicted molar refractivity (Wildman–Crippen MR) is 131 cm³/mol. The van der Waals surface area contributed by atoms with Crippen molar-refractivity contribution in [2.24, 2.45) is 4.99 Å². The van der Waals surface area contributed by atoms with Crippen LogP contribution in [0.25, 0.3) is 0 Å². The number of halogens is 1. The smallest absolute Gasteiger partial charge is 0.191 e. The fraction of sp³-hybridized carbons (Fsp3) is 0.810. The van der Waals surface area contributed by atoms with Crippen molar-refractivity contribution in [3.63, 3.8) is 0 Å². The Kier molecular flexibility index (Phi) is 9.97. The Bertz CT molecular complexity index is 616. The van der Waals surface area contributed by atoms with E-state index >= 15 is 0 Å². The maximum absolute atomic E-state index is 4.79. The van der Waals surface area contributed by atoms with Gasteiger partial charge in [0.05, 0.1) is 12.2 Å². The number of rotatable bonds is 5. The lowest BCUT2D eigenvalue weighted by Gasteiger charge is -2.39. The van der Waals surface area contributed by atoms with Crippen LogP contribution in [0, 0.1) is 6.92 Å². The predicted octanol–water partition coefficient (Wildman–Crippen LogP) is 4.66. The second kappa shape index (κ2) is 11.7. The molecule has 0 spiro atoms. The molecule has 1 saturated carbocycles. The third kappa shape index (κ3) is 6.55. The zero-order chi connectivity index (χ0) is 19.2. The molecule has 1 aliphatic carbocycles. The normalized spacial score (nSPS) is 20.2. The second-order valence-corrected chi connectivity index (χ2v) is 9.66. The maximum atomic E-state index is 4.79. The van der Waals surface area contributed by atoms with Gasteiger partial charge < -0.3 is 15.5 Å². The molecule has 160 valence electrons. The van der Waals surface area contributed by atoms with Crippen LogP contribution in [0.3, 0.4) is 0 Å². The fourth-order valence-electron chi connectivity index (χ4n) is 4.48. The Morgan fingerprint density at radius 2 is 1.86 bits per heavy atom. The number of piperidine rings is 1. The summed E-state index contributed by atoms with van der Waals surface area (Å²) in [5.74, 6) is 1.40. The molecule has 5 nitrogen and oxygen atoms in total. The van der Waals surface area contributed by atoms with E-state index in [1.54, 1.807) is 11.3 Å². The SMILES string of the molecule is CN=C(NCc1nc(C(C)C)c(C)s1)NC1CCN(C2CCCCC2)CC1.I. The zero-order valence-corrected chi connectivity index (χ0v) is 21.1. The fourth-order valence-corrected chi connectivity index (χ4v) is 5.51. The van der Waals surface area contributed by atoms with Crippen molar-refractivity contribution in [1.82, 2.24) is 20.5 Å². The monoisotopic (exact) mass is 519 g/mol. The minimum Gasteiger partial charge on any atom is -0.354 e.